The van der Waals surface area contributed by atoms with E-state index in [0.717, 1.165) is 10.9 Å². The Hall–Kier alpha value is -1.94. The number of nitrogens with zero attached hydrogens (tertiary/aromatic N) is 1. The van der Waals surface area contributed by atoms with Crippen LogP contribution in [0, 0.1) is 0 Å². The Balaban J connectivity index is 2.27. The number of amides is 1. The van der Waals surface area contributed by atoms with Crippen LogP contribution in [0.25, 0.3) is 10.9 Å². The summed E-state index contributed by atoms with van der Waals surface area (Å²) in [6.07, 6.45) is 1.74. The minimum Gasteiger partial charge on any atom is -0.346 e. The van der Waals surface area contributed by atoms with Crippen molar-refractivity contribution in [2.75, 3.05) is 0 Å². The molecule has 1 amide bonds. The average molecular weight is 257 g/mol. The number of hydrogen-bond donors (Lipinski definition) is 2. The molecule has 2 aromatic rings. The van der Waals surface area contributed by atoms with Gasteiger partial charge in [0.1, 0.15) is 0 Å². The van der Waals surface area contributed by atoms with E-state index >= 15 is 0 Å². The number of aromatic nitrogens is 1. The van der Waals surface area contributed by atoms with Gasteiger partial charge in [-0.25, -0.2) is 0 Å². The van der Waals surface area contributed by atoms with E-state index in [1.54, 1.807) is 12.3 Å². The van der Waals surface area contributed by atoms with Gasteiger partial charge >= 0.3 is 0 Å². The van der Waals surface area contributed by atoms with Gasteiger partial charge in [-0.3, -0.25) is 9.78 Å². The maximum atomic E-state index is 12.2. The summed E-state index contributed by atoms with van der Waals surface area (Å²) in [6, 6.07) is 9.14. The van der Waals surface area contributed by atoms with Gasteiger partial charge in [-0.1, -0.05) is 6.07 Å². The number of fused-ring (bicyclic) bond motifs is 1. The highest BCUT2D eigenvalue weighted by Gasteiger charge is 2.25. The summed E-state index contributed by atoms with van der Waals surface area (Å²) in [5.41, 5.74) is 6.92. The van der Waals surface area contributed by atoms with Crippen LogP contribution < -0.4 is 11.1 Å². The molecule has 100 valence electrons. The lowest BCUT2D eigenvalue weighted by Crippen LogP contribution is -2.54. The Kier molecular flexibility index (Phi) is 3.53. The number of benzene rings is 1. The van der Waals surface area contributed by atoms with Gasteiger partial charge in [-0.15, -0.1) is 0 Å². The van der Waals surface area contributed by atoms with Gasteiger partial charge in [0.25, 0.3) is 5.91 Å². The summed E-state index contributed by atoms with van der Waals surface area (Å²) in [5, 5.41) is 3.90. The van der Waals surface area contributed by atoms with E-state index in [1.807, 2.05) is 45.0 Å². The molecule has 0 fully saturated rings. The zero-order valence-electron chi connectivity index (χ0n) is 11.5. The SMILES string of the molecule is CC(N)C(C)(C)NC(=O)c1ccc2ncccc2c1. The molecule has 19 heavy (non-hydrogen) atoms. The first-order valence-electron chi connectivity index (χ1n) is 6.33. The van der Waals surface area contributed by atoms with Gasteiger partial charge in [-0.2, -0.15) is 0 Å². The van der Waals surface area contributed by atoms with Crippen LogP contribution in [-0.2, 0) is 0 Å². The van der Waals surface area contributed by atoms with Crippen molar-refractivity contribution in [3.63, 3.8) is 0 Å². The lowest BCUT2D eigenvalue weighted by atomic mass is 9.96. The molecule has 1 unspecified atom stereocenters. The molecule has 0 aliphatic carbocycles. The van der Waals surface area contributed by atoms with Crippen LogP contribution in [0.1, 0.15) is 31.1 Å². The molecule has 4 heteroatoms. The van der Waals surface area contributed by atoms with Crippen LogP contribution in [0.5, 0.6) is 0 Å². The Morgan fingerprint density at radius 1 is 1.37 bits per heavy atom. The third-order valence-corrected chi connectivity index (χ3v) is 3.44. The molecule has 0 spiro atoms. The largest absolute Gasteiger partial charge is 0.346 e. The van der Waals surface area contributed by atoms with E-state index in [4.69, 9.17) is 5.73 Å². The van der Waals surface area contributed by atoms with Gasteiger partial charge in [0, 0.05) is 28.7 Å². The van der Waals surface area contributed by atoms with Crippen LogP contribution in [0.15, 0.2) is 36.5 Å². The maximum absolute atomic E-state index is 12.2. The van der Waals surface area contributed by atoms with Crippen molar-refractivity contribution >= 4 is 16.8 Å². The van der Waals surface area contributed by atoms with Crippen LogP contribution >= 0.6 is 0 Å². The van der Waals surface area contributed by atoms with Crippen molar-refractivity contribution in [1.29, 1.82) is 0 Å². The molecule has 0 saturated carbocycles. The zero-order chi connectivity index (χ0) is 14.0. The highest BCUT2D eigenvalue weighted by molar-refractivity contribution is 5.98. The fourth-order valence-electron chi connectivity index (χ4n) is 1.70. The predicted molar refractivity (Wildman–Crippen MR) is 76.9 cm³/mol. The van der Waals surface area contributed by atoms with Crippen LogP contribution in [-0.4, -0.2) is 22.5 Å². The Morgan fingerprint density at radius 2 is 2.11 bits per heavy atom. The van der Waals surface area contributed by atoms with Gasteiger partial charge in [-0.05, 0) is 45.0 Å². The number of pyridine rings is 1. The standard InChI is InChI=1S/C15H19N3O/c1-10(16)15(2,3)18-14(19)12-6-7-13-11(9-12)5-4-8-17-13/h4-10H,16H2,1-3H3,(H,18,19). The number of rotatable bonds is 3. The molecule has 3 N–H and O–H groups in total. The topological polar surface area (TPSA) is 68.0 Å². The highest BCUT2D eigenvalue weighted by Crippen LogP contribution is 2.15. The van der Waals surface area contributed by atoms with Gasteiger partial charge in [0.15, 0.2) is 0 Å². The minimum absolute atomic E-state index is 0.118. The molecule has 4 nitrogen and oxygen atoms in total. The molecule has 1 aromatic carbocycles. The minimum atomic E-state index is -0.443. The molecule has 0 bridgehead atoms. The van der Waals surface area contributed by atoms with Crippen molar-refractivity contribution in [3.8, 4) is 0 Å². The van der Waals surface area contributed by atoms with E-state index in [1.165, 1.54) is 0 Å². The maximum Gasteiger partial charge on any atom is 0.251 e. The van der Waals surface area contributed by atoms with Crippen molar-refractivity contribution in [1.82, 2.24) is 10.3 Å². The second-order valence-electron chi connectivity index (χ2n) is 5.38. The molecule has 1 heterocycles. The Morgan fingerprint density at radius 3 is 2.79 bits per heavy atom. The molecule has 0 aliphatic heterocycles. The quantitative estimate of drug-likeness (QED) is 0.884. The third-order valence-electron chi connectivity index (χ3n) is 3.44. The number of carbonyl (C=O) groups is 1. The summed E-state index contributed by atoms with van der Waals surface area (Å²) < 4.78 is 0. The molecule has 1 atom stereocenters. The normalized spacial score (nSPS) is 13.3. The summed E-state index contributed by atoms with van der Waals surface area (Å²) >= 11 is 0. The fraction of sp³-hybridized carbons (Fsp3) is 0.333. The predicted octanol–water partition coefficient (Wildman–Crippen LogP) is 2.09. The molecule has 1 aromatic heterocycles. The van der Waals surface area contributed by atoms with Crippen LogP contribution in [0.4, 0.5) is 0 Å². The molecule has 0 aliphatic rings. The number of nitrogens with two attached hydrogens (primary N) is 1. The van der Waals surface area contributed by atoms with Crippen molar-refractivity contribution < 1.29 is 4.79 Å². The van der Waals surface area contributed by atoms with E-state index in [-0.39, 0.29) is 11.9 Å². The molecular weight excluding hydrogens is 238 g/mol. The van der Waals surface area contributed by atoms with Gasteiger partial charge in [0.2, 0.25) is 0 Å². The second-order valence-corrected chi connectivity index (χ2v) is 5.38. The van der Waals surface area contributed by atoms with Crippen molar-refractivity contribution in [2.45, 2.75) is 32.4 Å². The fourth-order valence-corrected chi connectivity index (χ4v) is 1.70. The third kappa shape index (κ3) is 2.90. The van der Waals surface area contributed by atoms with Gasteiger partial charge in [0.05, 0.1) is 5.52 Å². The van der Waals surface area contributed by atoms with Crippen molar-refractivity contribution in [2.24, 2.45) is 5.73 Å². The van der Waals surface area contributed by atoms with E-state index in [9.17, 15) is 4.79 Å². The number of nitrogens with one attached hydrogen (secondary N) is 1. The lowest BCUT2D eigenvalue weighted by Gasteiger charge is -2.30. The summed E-state index contributed by atoms with van der Waals surface area (Å²) in [4.78, 5) is 16.5. The first-order valence-corrected chi connectivity index (χ1v) is 6.33. The zero-order valence-corrected chi connectivity index (χ0v) is 11.5. The van der Waals surface area contributed by atoms with E-state index in [2.05, 4.69) is 10.3 Å². The summed E-state index contributed by atoms with van der Waals surface area (Å²) in [6.45, 7) is 5.71. The monoisotopic (exact) mass is 257 g/mol. The molecule has 2 rings (SSSR count). The van der Waals surface area contributed by atoms with Crippen molar-refractivity contribution in [3.05, 3.63) is 42.1 Å². The molecular formula is C15H19N3O. The Labute approximate surface area is 113 Å². The molecule has 0 radical (unpaired) electrons. The second kappa shape index (κ2) is 4.97. The van der Waals surface area contributed by atoms with Gasteiger partial charge < -0.3 is 11.1 Å². The van der Waals surface area contributed by atoms with E-state index < -0.39 is 5.54 Å². The lowest BCUT2D eigenvalue weighted by molar-refractivity contribution is 0.0903. The van der Waals surface area contributed by atoms with Crippen LogP contribution in [0.2, 0.25) is 0 Å². The van der Waals surface area contributed by atoms with Crippen LogP contribution in [0.3, 0.4) is 0 Å². The first kappa shape index (κ1) is 13.5. The van der Waals surface area contributed by atoms with E-state index in [0.29, 0.717) is 5.56 Å². The smallest absolute Gasteiger partial charge is 0.251 e. The summed E-state index contributed by atoms with van der Waals surface area (Å²) in [5.74, 6) is -0.118. The average Bonchev–Trinajstić information content (AvgIpc) is 2.37. The molecule has 0 saturated heterocycles. The summed E-state index contributed by atoms with van der Waals surface area (Å²) in [7, 11) is 0. The first-order chi connectivity index (χ1) is 8.90. The number of hydrogen-bond acceptors (Lipinski definition) is 3. The highest BCUT2D eigenvalue weighted by atomic mass is 16.1. The Bertz CT molecular complexity index is 605. The number of carbonyl (C=O) groups excluding carboxylic acids is 1.